The SMILES string of the molecule is O=C(O)CCNCC1COCCO1. The molecule has 0 aromatic heterocycles. The summed E-state index contributed by atoms with van der Waals surface area (Å²) in [6.07, 6.45) is 0.218. The lowest BCUT2D eigenvalue weighted by molar-refractivity contribution is -0.136. The van der Waals surface area contributed by atoms with E-state index in [0.717, 1.165) is 0 Å². The zero-order chi connectivity index (χ0) is 9.52. The molecule has 76 valence electrons. The van der Waals surface area contributed by atoms with Crippen molar-refractivity contribution in [2.24, 2.45) is 0 Å². The van der Waals surface area contributed by atoms with Gasteiger partial charge in [-0.2, -0.15) is 0 Å². The molecule has 1 aliphatic heterocycles. The summed E-state index contributed by atoms with van der Waals surface area (Å²) in [7, 11) is 0. The highest BCUT2D eigenvalue weighted by atomic mass is 16.6. The van der Waals surface area contributed by atoms with Crippen molar-refractivity contribution in [3.05, 3.63) is 0 Å². The van der Waals surface area contributed by atoms with Gasteiger partial charge in [-0.1, -0.05) is 0 Å². The number of aliphatic carboxylic acids is 1. The smallest absolute Gasteiger partial charge is 0.304 e. The van der Waals surface area contributed by atoms with Gasteiger partial charge < -0.3 is 19.9 Å². The molecule has 2 N–H and O–H groups in total. The molecule has 0 spiro atoms. The molecule has 0 aromatic carbocycles. The van der Waals surface area contributed by atoms with Gasteiger partial charge in [0.25, 0.3) is 0 Å². The lowest BCUT2D eigenvalue weighted by Crippen LogP contribution is -2.38. The predicted octanol–water partition coefficient (Wildman–Crippen LogP) is -0.534. The first kappa shape index (κ1) is 10.4. The third-order valence-corrected chi connectivity index (χ3v) is 1.77. The molecule has 0 amide bonds. The second-order valence-corrected chi connectivity index (χ2v) is 2.92. The van der Waals surface area contributed by atoms with E-state index in [0.29, 0.717) is 32.9 Å². The zero-order valence-electron chi connectivity index (χ0n) is 7.49. The Hall–Kier alpha value is -0.650. The normalized spacial score (nSPS) is 22.9. The van der Waals surface area contributed by atoms with E-state index in [2.05, 4.69) is 5.32 Å². The van der Waals surface area contributed by atoms with Crippen molar-refractivity contribution < 1.29 is 19.4 Å². The highest BCUT2D eigenvalue weighted by Crippen LogP contribution is 1.98. The summed E-state index contributed by atoms with van der Waals surface area (Å²) < 4.78 is 10.5. The molecule has 5 heteroatoms. The summed E-state index contributed by atoms with van der Waals surface area (Å²) in [6.45, 7) is 3.03. The summed E-state index contributed by atoms with van der Waals surface area (Å²) in [4.78, 5) is 10.2. The number of hydrogen-bond acceptors (Lipinski definition) is 4. The molecule has 1 heterocycles. The second-order valence-electron chi connectivity index (χ2n) is 2.92. The van der Waals surface area contributed by atoms with Crippen molar-refractivity contribution in [3.8, 4) is 0 Å². The number of carboxylic acids is 1. The van der Waals surface area contributed by atoms with E-state index in [1.165, 1.54) is 0 Å². The van der Waals surface area contributed by atoms with E-state index in [9.17, 15) is 4.79 Å². The van der Waals surface area contributed by atoms with E-state index in [4.69, 9.17) is 14.6 Å². The molecule has 1 rings (SSSR count). The fourth-order valence-corrected chi connectivity index (χ4v) is 1.11. The molecule has 0 aromatic rings. The Balaban J connectivity index is 1.95. The molecule has 1 unspecified atom stereocenters. The van der Waals surface area contributed by atoms with Gasteiger partial charge in [0.15, 0.2) is 0 Å². The molecule has 13 heavy (non-hydrogen) atoms. The van der Waals surface area contributed by atoms with E-state index in [1.54, 1.807) is 0 Å². The van der Waals surface area contributed by atoms with Crippen LogP contribution >= 0.6 is 0 Å². The Morgan fingerprint density at radius 3 is 3.00 bits per heavy atom. The monoisotopic (exact) mass is 189 g/mol. The van der Waals surface area contributed by atoms with Crippen LogP contribution in [0.15, 0.2) is 0 Å². The van der Waals surface area contributed by atoms with Crippen LogP contribution in [0.5, 0.6) is 0 Å². The number of hydrogen-bond donors (Lipinski definition) is 2. The third kappa shape index (κ3) is 4.82. The Kier molecular flexibility index (Phi) is 4.74. The molecule has 1 saturated heterocycles. The van der Waals surface area contributed by atoms with Gasteiger partial charge >= 0.3 is 5.97 Å². The first-order valence-electron chi connectivity index (χ1n) is 4.41. The van der Waals surface area contributed by atoms with Crippen molar-refractivity contribution in [2.75, 3.05) is 32.9 Å². The summed E-state index contributed by atoms with van der Waals surface area (Å²) in [5.41, 5.74) is 0. The highest BCUT2D eigenvalue weighted by Gasteiger charge is 2.13. The first-order chi connectivity index (χ1) is 6.29. The Labute approximate surface area is 77.0 Å². The summed E-state index contributed by atoms with van der Waals surface area (Å²) in [5.74, 6) is -0.784. The van der Waals surface area contributed by atoms with Gasteiger partial charge in [0.05, 0.1) is 32.3 Å². The average molecular weight is 189 g/mol. The maximum atomic E-state index is 10.2. The predicted molar refractivity (Wildman–Crippen MR) is 45.7 cm³/mol. The largest absolute Gasteiger partial charge is 0.481 e. The van der Waals surface area contributed by atoms with Crippen molar-refractivity contribution in [1.29, 1.82) is 0 Å². The number of nitrogens with one attached hydrogen (secondary N) is 1. The standard InChI is InChI=1S/C8H15NO4/c10-8(11)1-2-9-5-7-6-12-3-4-13-7/h7,9H,1-6H2,(H,10,11). The van der Waals surface area contributed by atoms with Crippen LogP contribution in [0, 0.1) is 0 Å². The zero-order valence-corrected chi connectivity index (χ0v) is 7.49. The van der Waals surface area contributed by atoms with Gasteiger partial charge in [-0.15, -0.1) is 0 Å². The lowest BCUT2D eigenvalue weighted by Gasteiger charge is -2.22. The van der Waals surface area contributed by atoms with Gasteiger partial charge in [0.2, 0.25) is 0 Å². The van der Waals surface area contributed by atoms with Crippen molar-refractivity contribution in [1.82, 2.24) is 5.32 Å². The Morgan fingerprint density at radius 2 is 2.38 bits per heavy atom. The number of ether oxygens (including phenoxy) is 2. The summed E-state index contributed by atoms with van der Waals surface area (Å²) in [6, 6.07) is 0. The lowest BCUT2D eigenvalue weighted by atomic mass is 10.3. The van der Waals surface area contributed by atoms with Crippen LogP contribution in [0.25, 0.3) is 0 Å². The van der Waals surface area contributed by atoms with E-state index >= 15 is 0 Å². The molecule has 0 aliphatic carbocycles. The molecular weight excluding hydrogens is 174 g/mol. The maximum absolute atomic E-state index is 10.2. The molecule has 0 radical (unpaired) electrons. The second kappa shape index (κ2) is 5.90. The van der Waals surface area contributed by atoms with Crippen LogP contribution in [0.4, 0.5) is 0 Å². The number of rotatable bonds is 5. The molecular formula is C8H15NO4. The van der Waals surface area contributed by atoms with Crippen LogP contribution in [0.3, 0.4) is 0 Å². The number of carbonyl (C=O) groups is 1. The van der Waals surface area contributed by atoms with Crippen LogP contribution in [-0.2, 0) is 14.3 Å². The topological polar surface area (TPSA) is 67.8 Å². The minimum absolute atomic E-state index is 0.0718. The summed E-state index contributed by atoms with van der Waals surface area (Å²) >= 11 is 0. The van der Waals surface area contributed by atoms with Crippen LogP contribution in [0.1, 0.15) is 6.42 Å². The Bertz CT molecular complexity index is 156. The van der Waals surface area contributed by atoms with E-state index in [1.807, 2.05) is 0 Å². The van der Waals surface area contributed by atoms with Gasteiger partial charge in [-0.3, -0.25) is 4.79 Å². The molecule has 1 atom stereocenters. The third-order valence-electron chi connectivity index (χ3n) is 1.77. The fraction of sp³-hybridized carbons (Fsp3) is 0.875. The van der Waals surface area contributed by atoms with Crippen molar-refractivity contribution in [3.63, 3.8) is 0 Å². The average Bonchev–Trinajstić information content (AvgIpc) is 2.14. The van der Waals surface area contributed by atoms with Gasteiger partial charge in [0.1, 0.15) is 0 Å². The molecule has 0 bridgehead atoms. The van der Waals surface area contributed by atoms with Crippen LogP contribution in [0.2, 0.25) is 0 Å². The number of carboxylic acid groups (broad SMARTS) is 1. The van der Waals surface area contributed by atoms with E-state index in [-0.39, 0.29) is 12.5 Å². The van der Waals surface area contributed by atoms with Gasteiger partial charge in [-0.25, -0.2) is 0 Å². The Morgan fingerprint density at radius 1 is 1.54 bits per heavy atom. The molecule has 0 saturated carbocycles. The molecule has 1 fully saturated rings. The first-order valence-corrected chi connectivity index (χ1v) is 4.41. The van der Waals surface area contributed by atoms with Gasteiger partial charge in [0, 0.05) is 13.1 Å². The molecule has 1 aliphatic rings. The van der Waals surface area contributed by atoms with Crippen molar-refractivity contribution in [2.45, 2.75) is 12.5 Å². The molecule has 5 nitrogen and oxygen atoms in total. The minimum Gasteiger partial charge on any atom is -0.481 e. The van der Waals surface area contributed by atoms with Gasteiger partial charge in [-0.05, 0) is 0 Å². The van der Waals surface area contributed by atoms with Crippen LogP contribution in [-0.4, -0.2) is 50.1 Å². The maximum Gasteiger partial charge on any atom is 0.304 e. The quantitative estimate of drug-likeness (QED) is 0.569. The summed E-state index contributed by atoms with van der Waals surface area (Å²) in [5, 5.41) is 11.4. The highest BCUT2D eigenvalue weighted by molar-refractivity contribution is 5.66. The van der Waals surface area contributed by atoms with E-state index < -0.39 is 5.97 Å². The van der Waals surface area contributed by atoms with Crippen LogP contribution < -0.4 is 5.32 Å². The van der Waals surface area contributed by atoms with Crippen molar-refractivity contribution >= 4 is 5.97 Å². The minimum atomic E-state index is -0.784. The fourth-order valence-electron chi connectivity index (χ4n) is 1.11.